The fourth-order valence-corrected chi connectivity index (χ4v) is 0.987. The van der Waals surface area contributed by atoms with E-state index in [0.29, 0.717) is 0 Å². The summed E-state index contributed by atoms with van der Waals surface area (Å²) in [5, 5.41) is 8.80. The predicted molar refractivity (Wildman–Crippen MR) is 52.6 cm³/mol. The van der Waals surface area contributed by atoms with Gasteiger partial charge in [-0.3, -0.25) is 0 Å². The standard InChI is InChI=1S/C9H15N3O/c1-12(2)9-4-3-7(5-11-9)8(10)6-13/h3-5,8,13H,6,10H2,1-2H3/t8-/m0/s1. The van der Waals surface area contributed by atoms with Crippen molar-refractivity contribution in [3.63, 3.8) is 0 Å². The summed E-state index contributed by atoms with van der Waals surface area (Å²) in [6, 6.07) is 3.43. The number of pyridine rings is 1. The first-order valence-electron chi connectivity index (χ1n) is 4.15. The first-order chi connectivity index (χ1) is 6.15. The molecule has 1 rings (SSSR count). The van der Waals surface area contributed by atoms with E-state index in [1.165, 1.54) is 0 Å². The Hall–Kier alpha value is -1.13. The molecule has 1 aromatic heterocycles. The zero-order valence-corrected chi connectivity index (χ0v) is 7.94. The molecule has 1 heterocycles. The molecular weight excluding hydrogens is 166 g/mol. The molecule has 3 N–H and O–H groups in total. The molecule has 0 bridgehead atoms. The maximum absolute atomic E-state index is 8.80. The molecule has 0 amide bonds. The highest BCUT2D eigenvalue weighted by Crippen LogP contribution is 2.12. The SMILES string of the molecule is CN(C)c1ccc([C@@H](N)CO)cn1. The van der Waals surface area contributed by atoms with Gasteiger partial charge in [0.05, 0.1) is 12.6 Å². The van der Waals surface area contributed by atoms with Crippen LogP contribution < -0.4 is 10.6 Å². The first-order valence-corrected chi connectivity index (χ1v) is 4.15. The minimum Gasteiger partial charge on any atom is -0.394 e. The Bertz CT molecular complexity index is 258. The van der Waals surface area contributed by atoms with Gasteiger partial charge in [0.15, 0.2) is 0 Å². The molecule has 0 aliphatic heterocycles. The molecule has 0 aromatic carbocycles. The lowest BCUT2D eigenvalue weighted by atomic mass is 10.1. The van der Waals surface area contributed by atoms with Gasteiger partial charge in [-0.15, -0.1) is 0 Å². The molecule has 0 unspecified atom stereocenters. The largest absolute Gasteiger partial charge is 0.394 e. The lowest BCUT2D eigenvalue weighted by Crippen LogP contribution is -2.16. The third-order valence-electron chi connectivity index (χ3n) is 1.85. The normalized spacial score (nSPS) is 12.6. The van der Waals surface area contributed by atoms with Crippen molar-refractivity contribution >= 4 is 5.82 Å². The van der Waals surface area contributed by atoms with Gasteiger partial charge in [-0.2, -0.15) is 0 Å². The van der Waals surface area contributed by atoms with E-state index in [-0.39, 0.29) is 12.6 Å². The van der Waals surface area contributed by atoms with Crippen molar-refractivity contribution in [2.24, 2.45) is 5.73 Å². The average molecular weight is 181 g/mol. The highest BCUT2D eigenvalue weighted by molar-refractivity contribution is 5.37. The number of anilines is 1. The molecule has 0 aliphatic carbocycles. The van der Waals surface area contributed by atoms with Crippen LogP contribution in [0.25, 0.3) is 0 Å². The van der Waals surface area contributed by atoms with Crippen molar-refractivity contribution in [3.8, 4) is 0 Å². The minimum absolute atomic E-state index is 0.0526. The van der Waals surface area contributed by atoms with Gasteiger partial charge in [-0.05, 0) is 11.6 Å². The van der Waals surface area contributed by atoms with Gasteiger partial charge in [0.25, 0.3) is 0 Å². The van der Waals surface area contributed by atoms with Gasteiger partial charge in [-0.1, -0.05) is 6.07 Å². The number of aliphatic hydroxyl groups excluding tert-OH is 1. The predicted octanol–water partition coefficient (Wildman–Crippen LogP) is 0.140. The van der Waals surface area contributed by atoms with E-state index >= 15 is 0 Å². The van der Waals surface area contributed by atoms with E-state index in [4.69, 9.17) is 10.8 Å². The summed E-state index contributed by atoms with van der Waals surface area (Å²) in [6.07, 6.45) is 1.69. The molecule has 1 atom stereocenters. The van der Waals surface area contributed by atoms with Crippen LogP contribution in [-0.2, 0) is 0 Å². The van der Waals surface area contributed by atoms with Crippen molar-refractivity contribution in [3.05, 3.63) is 23.9 Å². The fourth-order valence-electron chi connectivity index (χ4n) is 0.987. The Balaban J connectivity index is 2.81. The van der Waals surface area contributed by atoms with E-state index in [2.05, 4.69) is 4.98 Å². The smallest absolute Gasteiger partial charge is 0.127 e. The van der Waals surface area contributed by atoms with Crippen molar-refractivity contribution in [1.29, 1.82) is 0 Å². The monoisotopic (exact) mass is 181 g/mol. The van der Waals surface area contributed by atoms with Crippen LogP contribution in [0.4, 0.5) is 5.82 Å². The Kier molecular flexibility index (Phi) is 3.22. The molecule has 72 valence electrons. The summed E-state index contributed by atoms with van der Waals surface area (Å²) in [7, 11) is 3.85. The highest BCUT2D eigenvalue weighted by atomic mass is 16.3. The number of rotatable bonds is 3. The minimum atomic E-state index is -0.330. The van der Waals surface area contributed by atoms with Gasteiger partial charge in [-0.25, -0.2) is 4.98 Å². The molecule has 1 aromatic rings. The number of hydrogen-bond acceptors (Lipinski definition) is 4. The van der Waals surface area contributed by atoms with Gasteiger partial charge in [0.2, 0.25) is 0 Å². The number of nitrogens with two attached hydrogens (primary N) is 1. The molecule has 0 aliphatic rings. The number of aromatic nitrogens is 1. The Labute approximate surface area is 78.0 Å². The fraction of sp³-hybridized carbons (Fsp3) is 0.444. The van der Waals surface area contributed by atoms with Gasteiger partial charge in [0, 0.05) is 20.3 Å². The van der Waals surface area contributed by atoms with Crippen LogP contribution in [0.15, 0.2) is 18.3 Å². The van der Waals surface area contributed by atoms with Gasteiger partial charge >= 0.3 is 0 Å². The van der Waals surface area contributed by atoms with E-state index in [1.807, 2.05) is 31.1 Å². The number of nitrogens with zero attached hydrogens (tertiary/aromatic N) is 2. The molecule has 0 radical (unpaired) electrons. The Morgan fingerprint density at radius 2 is 2.23 bits per heavy atom. The maximum Gasteiger partial charge on any atom is 0.127 e. The summed E-state index contributed by atoms with van der Waals surface area (Å²) in [4.78, 5) is 6.09. The van der Waals surface area contributed by atoms with Crippen molar-refractivity contribution in [2.45, 2.75) is 6.04 Å². The van der Waals surface area contributed by atoms with E-state index in [0.717, 1.165) is 11.4 Å². The molecule has 0 saturated carbocycles. The lowest BCUT2D eigenvalue weighted by molar-refractivity contribution is 0.268. The van der Waals surface area contributed by atoms with E-state index < -0.39 is 0 Å². The summed E-state index contributed by atoms with van der Waals surface area (Å²) < 4.78 is 0. The van der Waals surface area contributed by atoms with Gasteiger partial charge in [0.1, 0.15) is 5.82 Å². The molecule has 4 nitrogen and oxygen atoms in total. The quantitative estimate of drug-likeness (QED) is 0.696. The third kappa shape index (κ3) is 2.40. The second-order valence-corrected chi connectivity index (χ2v) is 3.13. The zero-order valence-electron chi connectivity index (χ0n) is 7.94. The Morgan fingerprint density at radius 1 is 1.54 bits per heavy atom. The van der Waals surface area contributed by atoms with Crippen molar-refractivity contribution in [1.82, 2.24) is 4.98 Å². The summed E-state index contributed by atoms with van der Waals surface area (Å²) in [5.74, 6) is 0.883. The van der Waals surface area contributed by atoms with E-state index in [9.17, 15) is 0 Å². The van der Waals surface area contributed by atoms with Crippen LogP contribution in [0, 0.1) is 0 Å². The van der Waals surface area contributed by atoms with Crippen LogP contribution in [0.2, 0.25) is 0 Å². The topological polar surface area (TPSA) is 62.4 Å². The second kappa shape index (κ2) is 4.20. The van der Waals surface area contributed by atoms with Crippen LogP contribution in [0.3, 0.4) is 0 Å². The molecule has 0 fully saturated rings. The van der Waals surface area contributed by atoms with Crippen molar-refractivity contribution in [2.75, 3.05) is 25.6 Å². The second-order valence-electron chi connectivity index (χ2n) is 3.13. The average Bonchev–Trinajstić information content (AvgIpc) is 2.17. The zero-order chi connectivity index (χ0) is 9.84. The van der Waals surface area contributed by atoms with Crippen LogP contribution in [0.5, 0.6) is 0 Å². The lowest BCUT2D eigenvalue weighted by Gasteiger charge is -2.13. The van der Waals surface area contributed by atoms with Crippen LogP contribution >= 0.6 is 0 Å². The van der Waals surface area contributed by atoms with Crippen LogP contribution in [0.1, 0.15) is 11.6 Å². The maximum atomic E-state index is 8.80. The van der Waals surface area contributed by atoms with Gasteiger partial charge < -0.3 is 15.7 Å². The Morgan fingerprint density at radius 3 is 2.62 bits per heavy atom. The summed E-state index contributed by atoms with van der Waals surface area (Å²) in [5.41, 5.74) is 6.47. The highest BCUT2D eigenvalue weighted by Gasteiger charge is 2.04. The molecule has 0 saturated heterocycles. The summed E-state index contributed by atoms with van der Waals surface area (Å²) >= 11 is 0. The van der Waals surface area contributed by atoms with Crippen LogP contribution in [-0.4, -0.2) is 30.8 Å². The van der Waals surface area contributed by atoms with Crippen molar-refractivity contribution < 1.29 is 5.11 Å². The van der Waals surface area contributed by atoms with E-state index in [1.54, 1.807) is 6.20 Å². The molecule has 0 spiro atoms. The first kappa shape index (κ1) is 9.95. The molecule has 4 heteroatoms. The number of aliphatic hydroxyl groups is 1. The molecule has 13 heavy (non-hydrogen) atoms. The third-order valence-corrected chi connectivity index (χ3v) is 1.85. The molecular formula is C9H15N3O. The number of hydrogen-bond donors (Lipinski definition) is 2. The summed E-state index contributed by atoms with van der Waals surface area (Å²) in [6.45, 7) is -0.0526.